The molecular weight excluding hydrogens is 263 g/mol. The van der Waals surface area contributed by atoms with Crippen molar-refractivity contribution < 1.29 is 19.1 Å². The summed E-state index contributed by atoms with van der Waals surface area (Å²) in [7, 11) is 0. The molecule has 1 unspecified atom stereocenters. The zero-order valence-corrected chi connectivity index (χ0v) is 11.1. The van der Waals surface area contributed by atoms with Crippen LogP contribution in [0.5, 0.6) is 0 Å². The number of anilines is 1. The van der Waals surface area contributed by atoms with Crippen LogP contribution in [0, 0.1) is 17.7 Å². The van der Waals surface area contributed by atoms with Crippen molar-refractivity contribution in [3.05, 3.63) is 29.6 Å². The average Bonchev–Trinajstić information content (AvgIpc) is 3.22. The van der Waals surface area contributed by atoms with Crippen LogP contribution in [-0.2, 0) is 0 Å². The molecule has 1 saturated carbocycles. The molecule has 1 aliphatic carbocycles. The lowest BCUT2D eigenvalue weighted by Gasteiger charge is -2.13. The Balaban J connectivity index is 1.94. The number of hydrogen-bond acceptors (Lipinski definition) is 2. The summed E-state index contributed by atoms with van der Waals surface area (Å²) in [6.45, 7) is 2.61. The van der Waals surface area contributed by atoms with E-state index in [2.05, 4.69) is 17.6 Å². The van der Waals surface area contributed by atoms with Gasteiger partial charge in [0.2, 0.25) is 0 Å². The van der Waals surface area contributed by atoms with Crippen LogP contribution in [0.4, 0.5) is 14.9 Å². The minimum absolute atomic E-state index is 0.0791. The molecule has 1 aliphatic rings. The maximum absolute atomic E-state index is 13.0. The van der Waals surface area contributed by atoms with E-state index in [0.717, 1.165) is 12.1 Å². The highest BCUT2D eigenvalue weighted by atomic mass is 19.1. The van der Waals surface area contributed by atoms with Gasteiger partial charge in [0.05, 0.1) is 11.3 Å². The fraction of sp³-hybridized carbons (Fsp3) is 0.429. The SMILES string of the molecule is CC(CNC(=O)Nc1ccc(F)cc1C(=O)O)C1CC1. The summed E-state index contributed by atoms with van der Waals surface area (Å²) in [5.74, 6) is -0.856. The molecule has 6 heteroatoms. The molecular formula is C14H17FN2O3. The van der Waals surface area contributed by atoms with Crippen LogP contribution in [0.3, 0.4) is 0 Å². The Morgan fingerprint density at radius 3 is 2.75 bits per heavy atom. The summed E-state index contributed by atoms with van der Waals surface area (Å²) >= 11 is 0. The maximum atomic E-state index is 13.0. The topological polar surface area (TPSA) is 78.4 Å². The number of halogens is 1. The summed E-state index contributed by atoms with van der Waals surface area (Å²) in [4.78, 5) is 22.7. The predicted octanol–water partition coefficient (Wildman–Crippen LogP) is 2.69. The molecule has 0 bridgehead atoms. The van der Waals surface area contributed by atoms with E-state index in [1.54, 1.807) is 0 Å². The van der Waals surface area contributed by atoms with Gasteiger partial charge in [-0.05, 0) is 42.9 Å². The first-order valence-electron chi connectivity index (χ1n) is 6.55. The van der Waals surface area contributed by atoms with E-state index in [4.69, 9.17) is 5.11 Å². The van der Waals surface area contributed by atoms with E-state index in [-0.39, 0.29) is 11.3 Å². The van der Waals surface area contributed by atoms with Crippen LogP contribution in [-0.4, -0.2) is 23.7 Å². The predicted molar refractivity (Wildman–Crippen MR) is 72.3 cm³/mol. The van der Waals surface area contributed by atoms with Gasteiger partial charge in [0, 0.05) is 6.54 Å². The number of carboxylic acid groups (broad SMARTS) is 1. The lowest BCUT2D eigenvalue weighted by atomic mass is 10.1. The van der Waals surface area contributed by atoms with Crippen LogP contribution in [0.25, 0.3) is 0 Å². The minimum Gasteiger partial charge on any atom is -0.478 e. The molecule has 108 valence electrons. The van der Waals surface area contributed by atoms with Crippen LogP contribution in [0.2, 0.25) is 0 Å². The minimum atomic E-state index is -1.29. The van der Waals surface area contributed by atoms with Crippen molar-refractivity contribution in [2.45, 2.75) is 19.8 Å². The van der Waals surface area contributed by atoms with E-state index in [9.17, 15) is 14.0 Å². The van der Waals surface area contributed by atoms with Crippen molar-refractivity contribution in [2.24, 2.45) is 11.8 Å². The van der Waals surface area contributed by atoms with Crippen LogP contribution < -0.4 is 10.6 Å². The van der Waals surface area contributed by atoms with Gasteiger partial charge in [-0.25, -0.2) is 14.0 Å². The molecule has 0 heterocycles. The van der Waals surface area contributed by atoms with Crippen LogP contribution in [0.1, 0.15) is 30.1 Å². The molecule has 0 saturated heterocycles. The summed E-state index contributed by atoms with van der Waals surface area (Å²) in [5.41, 5.74) is -0.189. The van der Waals surface area contributed by atoms with Gasteiger partial charge in [-0.15, -0.1) is 0 Å². The number of amides is 2. The lowest BCUT2D eigenvalue weighted by Crippen LogP contribution is -2.33. The third-order valence-corrected chi connectivity index (χ3v) is 3.47. The van der Waals surface area contributed by atoms with E-state index in [1.165, 1.54) is 18.9 Å². The van der Waals surface area contributed by atoms with Crippen LogP contribution in [0.15, 0.2) is 18.2 Å². The molecule has 1 fully saturated rings. The summed E-state index contributed by atoms with van der Waals surface area (Å²) < 4.78 is 13.0. The van der Waals surface area contributed by atoms with Crippen molar-refractivity contribution >= 4 is 17.7 Å². The first-order valence-corrected chi connectivity index (χ1v) is 6.55. The zero-order valence-electron chi connectivity index (χ0n) is 11.1. The molecule has 0 aromatic heterocycles. The normalized spacial score (nSPS) is 15.5. The van der Waals surface area contributed by atoms with E-state index < -0.39 is 17.8 Å². The first-order chi connectivity index (χ1) is 9.47. The molecule has 1 atom stereocenters. The van der Waals surface area contributed by atoms with E-state index in [1.807, 2.05) is 0 Å². The number of carboxylic acids is 1. The van der Waals surface area contributed by atoms with Gasteiger partial charge in [0.15, 0.2) is 0 Å². The number of hydrogen-bond donors (Lipinski definition) is 3. The third-order valence-electron chi connectivity index (χ3n) is 3.47. The highest BCUT2D eigenvalue weighted by Crippen LogP contribution is 2.36. The molecule has 2 amide bonds. The maximum Gasteiger partial charge on any atom is 0.337 e. The highest BCUT2D eigenvalue weighted by molar-refractivity contribution is 5.99. The number of carbonyl (C=O) groups excluding carboxylic acids is 1. The first kappa shape index (κ1) is 14.3. The monoisotopic (exact) mass is 280 g/mol. The molecule has 1 aromatic rings. The van der Waals surface area contributed by atoms with Gasteiger partial charge in [-0.3, -0.25) is 0 Å². The fourth-order valence-corrected chi connectivity index (χ4v) is 2.05. The Morgan fingerprint density at radius 1 is 1.45 bits per heavy atom. The third kappa shape index (κ3) is 3.69. The van der Waals surface area contributed by atoms with Gasteiger partial charge < -0.3 is 15.7 Å². The molecule has 0 radical (unpaired) electrons. The molecule has 0 aliphatic heterocycles. The molecule has 5 nitrogen and oxygen atoms in total. The Labute approximate surface area is 116 Å². The van der Waals surface area contributed by atoms with Gasteiger partial charge in [-0.1, -0.05) is 6.92 Å². The summed E-state index contributed by atoms with van der Waals surface area (Å²) in [6.07, 6.45) is 2.40. The number of urea groups is 1. The van der Waals surface area contributed by atoms with Crippen molar-refractivity contribution in [3.63, 3.8) is 0 Å². The quantitative estimate of drug-likeness (QED) is 0.776. The van der Waals surface area contributed by atoms with Crippen molar-refractivity contribution in [3.8, 4) is 0 Å². The number of benzene rings is 1. The molecule has 1 aromatic carbocycles. The Hall–Kier alpha value is -2.11. The summed E-state index contributed by atoms with van der Waals surface area (Å²) in [6, 6.07) is 2.74. The number of nitrogens with one attached hydrogen (secondary N) is 2. The lowest BCUT2D eigenvalue weighted by molar-refractivity contribution is 0.0697. The van der Waals surface area contributed by atoms with Crippen molar-refractivity contribution in [1.29, 1.82) is 0 Å². The fourth-order valence-electron chi connectivity index (χ4n) is 2.05. The second-order valence-electron chi connectivity index (χ2n) is 5.14. The second kappa shape index (κ2) is 5.90. The number of rotatable bonds is 5. The van der Waals surface area contributed by atoms with Gasteiger partial charge in [-0.2, -0.15) is 0 Å². The summed E-state index contributed by atoms with van der Waals surface area (Å²) in [5, 5.41) is 14.1. The molecule has 3 N–H and O–H groups in total. The van der Waals surface area contributed by atoms with Crippen molar-refractivity contribution in [1.82, 2.24) is 5.32 Å². The Kier molecular flexibility index (Phi) is 4.22. The second-order valence-corrected chi connectivity index (χ2v) is 5.14. The largest absolute Gasteiger partial charge is 0.478 e. The molecule has 2 rings (SSSR count). The number of aromatic carboxylic acids is 1. The van der Waals surface area contributed by atoms with Crippen molar-refractivity contribution in [2.75, 3.05) is 11.9 Å². The molecule has 0 spiro atoms. The highest BCUT2D eigenvalue weighted by Gasteiger charge is 2.27. The Bertz CT molecular complexity index is 529. The van der Waals surface area contributed by atoms with Gasteiger partial charge >= 0.3 is 12.0 Å². The van der Waals surface area contributed by atoms with E-state index in [0.29, 0.717) is 18.4 Å². The molecule has 20 heavy (non-hydrogen) atoms. The smallest absolute Gasteiger partial charge is 0.337 e. The zero-order chi connectivity index (χ0) is 14.7. The number of carbonyl (C=O) groups is 2. The average molecular weight is 280 g/mol. The van der Waals surface area contributed by atoms with Crippen LogP contribution >= 0.6 is 0 Å². The van der Waals surface area contributed by atoms with E-state index >= 15 is 0 Å². The standard InChI is InChI=1S/C14H17FN2O3/c1-8(9-2-3-9)7-16-14(20)17-12-5-4-10(15)6-11(12)13(18)19/h4-6,8-9H,2-3,7H2,1H3,(H,18,19)(H2,16,17,20). The van der Waals surface area contributed by atoms with Gasteiger partial charge in [0.1, 0.15) is 5.82 Å². The Morgan fingerprint density at radius 2 is 2.15 bits per heavy atom. The van der Waals surface area contributed by atoms with Gasteiger partial charge in [0.25, 0.3) is 0 Å².